The summed E-state index contributed by atoms with van der Waals surface area (Å²) in [6, 6.07) is 0. The Labute approximate surface area is 79.4 Å². The van der Waals surface area contributed by atoms with Crippen molar-refractivity contribution in [3.05, 3.63) is 0 Å². The van der Waals surface area contributed by atoms with Gasteiger partial charge < -0.3 is 0 Å². The third-order valence-electron chi connectivity index (χ3n) is 0.734. The van der Waals surface area contributed by atoms with Crippen LogP contribution in [0.1, 0.15) is 0 Å². The summed E-state index contributed by atoms with van der Waals surface area (Å²) in [4.78, 5) is -0.659. The Kier molecular flexibility index (Phi) is 5.98. The molecular weight excluding hydrogens is 225 g/mol. The number of hydrogen-bond donors (Lipinski definition) is 0. The molecule has 5 heteroatoms. The zero-order valence-electron chi connectivity index (χ0n) is 4.33. The second kappa shape index (κ2) is 5.15. The monoisotopic (exact) mass is 228 g/mol. The quantitative estimate of drug-likeness (QED) is 0.653. The van der Waals surface area contributed by atoms with E-state index in [2.05, 4.69) is 0 Å². The van der Waals surface area contributed by atoms with Gasteiger partial charge in [0.2, 0.25) is 0 Å². The van der Waals surface area contributed by atoms with E-state index in [1.54, 1.807) is 0 Å². The number of rotatable bonds is 3. The zero-order chi connectivity index (χ0) is 7.44. The van der Waals surface area contributed by atoms with Crippen LogP contribution in [0.25, 0.3) is 0 Å². The van der Waals surface area contributed by atoms with Crippen molar-refractivity contribution < 1.29 is 0 Å². The Morgan fingerprint density at radius 3 is 1.56 bits per heavy atom. The molecule has 0 saturated carbocycles. The van der Waals surface area contributed by atoms with Crippen molar-refractivity contribution in [3.8, 4) is 0 Å². The van der Waals surface area contributed by atoms with Gasteiger partial charge in [0, 0.05) is 5.88 Å². The molecule has 0 heterocycles. The Hall–Kier alpha value is 1.45. The van der Waals surface area contributed by atoms with Crippen LogP contribution < -0.4 is 0 Å². The molecule has 0 aliphatic heterocycles. The van der Waals surface area contributed by atoms with Crippen molar-refractivity contribution >= 4 is 58.0 Å². The van der Waals surface area contributed by atoms with Crippen LogP contribution in [-0.4, -0.2) is 21.5 Å². The van der Waals surface area contributed by atoms with Crippen molar-refractivity contribution in [1.82, 2.24) is 0 Å². The van der Waals surface area contributed by atoms with E-state index >= 15 is 0 Å². The molecule has 0 aromatic carbocycles. The fourth-order valence-electron chi connectivity index (χ4n) is 0.243. The molecule has 0 N–H and O–H groups in total. The summed E-state index contributed by atoms with van der Waals surface area (Å²) in [5.41, 5.74) is 0. The van der Waals surface area contributed by atoms with Crippen LogP contribution in [-0.2, 0) is 0 Å². The molecule has 2 atom stereocenters. The summed E-state index contributed by atoms with van der Waals surface area (Å²) in [6.07, 6.45) is 0. The summed E-state index contributed by atoms with van der Waals surface area (Å²) < 4.78 is 0. The van der Waals surface area contributed by atoms with Crippen LogP contribution in [0.15, 0.2) is 0 Å². The molecule has 0 bridgehead atoms. The van der Waals surface area contributed by atoms with Crippen molar-refractivity contribution in [2.75, 3.05) is 5.88 Å². The van der Waals surface area contributed by atoms with Crippen LogP contribution in [0.5, 0.6) is 0 Å². The maximum Gasteiger partial charge on any atom is 0.125 e. The topological polar surface area (TPSA) is 0 Å². The molecule has 0 spiro atoms. The van der Waals surface area contributed by atoms with Gasteiger partial charge in [-0.3, -0.25) is 0 Å². The summed E-state index contributed by atoms with van der Waals surface area (Å²) in [5.74, 6) is 0.256. The van der Waals surface area contributed by atoms with Gasteiger partial charge in [-0.1, -0.05) is 0 Å². The third kappa shape index (κ3) is 4.00. The second-order valence-electron chi connectivity index (χ2n) is 1.45. The lowest BCUT2D eigenvalue weighted by atomic mass is 10.3. The normalized spacial score (nSPS) is 18.0. The highest BCUT2D eigenvalue weighted by Gasteiger charge is 2.21. The first kappa shape index (κ1) is 10.4. The molecule has 0 saturated heterocycles. The van der Waals surface area contributed by atoms with Crippen molar-refractivity contribution in [2.24, 2.45) is 0 Å². The van der Waals surface area contributed by atoms with Crippen molar-refractivity contribution in [2.45, 2.75) is 15.6 Å². The first-order chi connectivity index (χ1) is 4.09. The van der Waals surface area contributed by atoms with E-state index in [1.807, 2.05) is 0 Å². The van der Waals surface area contributed by atoms with Gasteiger partial charge in [0.25, 0.3) is 0 Å². The fourth-order valence-corrected chi connectivity index (χ4v) is 1.26. The highest BCUT2D eigenvalue weighted by molar-refractivity contribution is 6.49. The second-order valence-corrected chi connectivity index (χ2v) is 3.99. The summed E-state index contributed by atoms with van der Waals surface area (Å²) in [7, 11) is 0. The SMILES string of the molecule is ClCC(Cl)C(Cl)C(Cl)Cl. The van der Waals surface area contributed by atoms with E-state index in [1.165, 1.54) is 0 Å². The van der Waals surface area contributed by atoms with Crippen LogP contribution in [0.2, 0.25) is 0 Å². The van der Waals surface area contributed by atoms with E-state index in [-0.39, 0.29) is 11.3 Å². The van der Waals surface area contributed by atoms with Gasteiger partial charge in [-0.25, -0.2) is 0 Å². The van der Waals surface area contributed by atoms with Crippen LogP contribution in [0, 0.1) is 0 Å². The Balaban J connectivity index is 3.58. The molecule has 0 fully saturated rings. The van der Waals surface area contributed by atoms with Gasteiger partial charge in [-0.2, -0.15) is 0 Å². The Bertz CT molecular complexity index is 73.4. The zero-order valence-corrected chi connectivity index (χ0v) is 8.11. The minimum Gasteiger partial charge on any atom is -0.125 e. The molecular formula is C4H5Cl5. The summed E-state index contributed by atoms with van der Waals surface area (Å²) in [5, 5.41) is -0.846. The van der Waals surface area contributed by atoms with Crippen molar-refractivity contribution in [1.29, 1.82) is 0 Å². The molecule has 0 rings (SSSR count). The van der Waals surface area contributed by atoms with Crippen LogP contribution in [0.4, 0.5) is 0 Å². The highest BCUT2D eigenvalue weighted by Crippen LogP contribution is 2.21. The standard InChI is InChI=1S/C4H5Cl5/c5-1-2(6)3(7)4(8)9/h2-4H,1H2. The molecule has 2 unspecified atom stereocenters. The summed E-state index contributed by atoms with van der Waals surface area (Å²) >= 11 is 27.3. The molecule has 9 heavy (non-hydrogen) atoms. The first-order valence-electron chi connectivity index (χ1n) is 2.22. The van der Waals surface area contributed by atoms with Gasteiger partial charge >= 0.3 is 0 Å². The van der Waals surface area contributed by atoms with Crippen LogP contribution in [0.3, 0.4) is 0 Å². The molecule has 0 aliphatic carbocycles. The maximum absolute atomic E-state index is 5.59. The van der Waals surface area contributed by atoms with E-state index in [0.717, 1.165) is 0 Å². The van der Waals surface area contributed by atoms with E-state index < -0.39 is 10.2 Å². The predicted molar refractivity (Wildman–Crippen MR) is 45.5 cm³/mol. The minimum atomic E-state index is -0.659. The molecule has 56 valence electrons. The molecule has 0 aromatic heterocycles. The fraction of sp³-hybridized carbons (Fsp3) is 1.00. The Morgan fingerprint density at radius 2 is 1.44 bits per heavy atom. The van der Waals surface area contributed by atoms with Gasteiger partial charge in [0.15, 0.2) is 0 Å². The van der Waals surface area contributed by atoms with E-state index in [0.29, 0.717) is 0 Å². The largest absolute Gasteiger partial charge is 0.125 e. The number of hydrogen-bond acceptors (Lipinski definition) is 0. The lowest BCUT2D eigenvalue weighted by molar-refractivity contribution is 0.884. The smallest absolute Gasteiger partial charge is 0.125 e. The molecule has 0 amide bonds. The molecule has 0 radical (unpaired) electrons. The minimum absolute atomic E-state index is 0.256. The maximum atomic E-state index is 5.59. The van der Waals surface area contributed by atoms with Gasteiger partial charge in [0.05, 0.1) is 10.8 Å². The van der Waals surface area contributed by atoms with E-state index in [9.17, 15) is 0 Å². The molecule has 0 aromatic rings. The summed E-state index contributed by atoms with van der Waals surface area (Å²) in [6.45, 7) is 0. The van der Waals surface area contributed by atoms with E-state index in [4.69, 9.17) is 58.0 Å². The van der Waals surface area contributed by atoms with Crippen molar-refractivity contribution in [3.63, 3.8) is 0 Å². The third-order valence-corrected chi connectivity index (χ3v) is 3.14. The van der Waals surface area contributed by atoms with Gasteiger partial charge in [0.1, 0.15) is 4.84 Å². The van der Waals surface area contributed by atoms with Crippen LogP contribution >= 0.6 is 58.0 Å². The van der Waals surface area contributed by atoms with Gasteiger partial charge in [-0.05, 0) is 0 Å². The lowest BCUT2D eigenvalue weighted by Crippen LogP contribution is -2.22. The first-order valence-corrected chi connectivity index (χ1v) is 4.50. The lowest BCUT2D eigenvalue weighted by Gasteiger charge is -2.12. The molecule has 0 aliphatic rings. The average molecular weight is 230 g/mol. The predicted octanol–water partition coefficient (Wildman–Crippen LogP) is 3.24. The van der Waals surface area contributed by atoms with Gasteiger partial charge in [-0.15, -0.1) is 58.0 Å². The molecule has 0 nitrogen and oxygen atoms in total. The number of halogens is 5. The number of alkyl halides is 5. The average Bonchev–Trinajstić information content (AvgIpc) is 1.84. The Morgan fingerprint density at radius 1 is 1.00 bits per heavy atom. The highest BCUT2D eigenvalue weighted by atomic mass is 35.5.